The van der Waals surface area contributed by atoms with Gasteiger partial charge in [-0.3, -0.25) is 4.68 Å². The highest BCUT2D eigenvalue weighted by Crippen LogP contribution is 2.25. The van der Waals surface area contributed by atoms with E-state index in [-0.39, 0.29) is 0 Å². The predicted molar refractivity (Wildman–Crippen MR) is 82.4 cm³/mol. The molecule has 1 aromatic carbocycles. The first-order chi connectivity index (χ1) is 10.3. The van der Waals surface area contributed by atoms with E-state index >= 15 is 0 Å². The smallest absolute Gasteiger partial charge is 0.127 e. The zero-order valence-corrected chi connectivity index (χ0v) is 12.7. The zero-order chi connectivity index (χ0) is 15.1. The van der Waals surface area contributed by atoms with Crippen LogP contribution >= 0.6 is 0 Å². The summed E-state index contributed by atoms with van der Waals surface area (Å²) in [5.41, 5.74) is 7.77. The van der Waals surface area contributed by atoms with Gasteiger partial charge in [0.1, 0.15) is 18.1 Å². The highest BCUT2D eigenvalue weighted by Gasteiger charge is 2.06. The fourth-order valence-electron chi connectivity index (χ4n) is 1.96. The molecular weight excluding hydrogens is 266 g/mol. The van der Waals surface area contributed by atoms with Crippen LogP contribution in [0.3, 0.4) is 0 Å². The highest BCUT2D eigenvalue weighted by atomic mass is 16.5. The lowest BCUT2D eigenvalue weighted by Gasteiger charge is -2.12. The molecule has 5 heteroatoms. The van der Waals surface area contributed by atoms with Crippen LogP contribution in [0.15, 0.2) is 30.6 Å². The normalized spacial score (nSPS) is 10.6. The van der Waals surface area contributed by atoms with Gasteiger partial charge in [-0.05, 0) is 19.4 Å². The molecule has 5 nitrogen and oxygen atoms in total. The standard InChI is InChI=1S/C16H23N3O2/c1-3-7-20-15-6-5-14(9-17)16(8-15)21-12-13-10-18-19(4-2)11-13/h5-6,8,10-11H,3-4,7,9,12,17H2,1-2H3. The Labute approximate surface area is 125 Å². The number of nitrogens with two attached hydrogens (primary N) is 1. The Morgan fingerprint density at radius 2 is 2.10 bits per heavy atom. The molecule has 0 aliphatic carbocycles. The van der Waals surface area contributed by atoms with Crippen molar-refractivity contribution < 1.29 is 9.47 Å². The second-order valence-electron chi connectivity index (χ2n) is 4.82. The van der Waals surface area contributed by atoms with E-state index in [1.807, 2.05) is 35.3 Å². The quantitative estimate of drug-likeness (QED) is 0.811. The molecule has 1 heterocycles. The molecule has 0 amide bonds. The van der Waals surface area contributed by atoms with E-state index in [1.165, 1.54) is 0 Å². The summed E-state index contributed by atoms with van der Waals surface area (Å²) in [6.45, 7) is 6.61. The molecule has 0 atom stereocenters. The average molecular weight is 289 g/mol. The van der Waals surface area contributed by atoms with Crippen molar-refractivity contribution >= 4 is 0 Å². The van der Waals surface area contributed by atoms with Gasteiger partial charge in [-0.2, -0.15) is 5.10 Å². The molecule has 0 spiro atoms. The maximum Gasteiger partial charge on any atom is 0.127 e. The Hall–Kier alpha value is -2.01. The third-order valence-corrected chi connectivity index (χ3v) is 3.14. The van der Waals surface area contributed by atoms with E-state index in [4.69, 9.17) is 15.2 Å². The average Bonchev–Trinajstić information content (AvgIpc) is 2.99. The lowest BCUT2D eigenvalue weighted by molar-refractivity contribution is 0.292. The number of aromatic nitrogens is 2. The molecule has 0 fully saturated rings. The molecule has 2 rings (SSSR count). The summed E-state index contributed by atoms with van der Waals surface area (Å²) in [5, 5.41) is 4.23. The van der Waals surface area contributed by atoms with Crippen LogP contribution < -0.4 is 15.2 Å². The van der Waals surface area contributed by atoms with Crippen molar-refractivity contribution in [3.8, 4) is 11.5 Å². The number of benzene rings is 1. The Bertz CT molecular complexity index is 566. The van der Waals surface area contributed by atoms with Crippen molar-refractivity contribution in [2.45, 2.75) is 40.0 Å². The van der Waals surface area contributed by atoms with Crippen molar-refractivity contribution in [3.05, 3.63) is 41.7 Å². The van der Waals surface area contributed by atoms with Crippen LogP contribution in [0.25, 0.3) is 0 Å². The Kier molecular flexibility index (Phi) is 5.63. The van der Waals surface area contributed by atoms with Crippen molar-refractivity contribution in [2.75, 3.05) is 6.61 Å². The van der Waals surface area contributed by atoms with Gasteiger partial charge in [-0.25, -0.2) is 0 Å². The fourth-order valence-corrected chi connectivity index (χ4v) is 1.96. The molecule has 0 radical (unpaired) electrons. The van der Waals surface area contributed by atoms with E-state index in [2.05, 4.69) is 18.9 Å². The number of nitrogens with zero attached hydrogens (tertiary/aromatic N) is 2. The van der Waals surface area contributed by atoms with E-state index in [1.54, 1.807) is 0 Å². The third-order valence-electron chi connectivity index (χ3n) is 3.14. The molecule has 0 saturated heterocycles. The van der Waals surface area contributed by atoms with Gasteiger partial charge in [0.05, 0.1) is 12.8 Å². The minimum atomic E-state index is 0.442. The Morgan fingerprint density at radius 1 is 1.24 bits per heavy atom. The summed E-state index contributed by atoms with van der Waals surface area (Å²) in [7, 11) is 0. The maximum atomic E-state index is 5.88. The van der Waals surface area contributed by atoms with Crippen LogP contribution in [0.4, 0.5) is 0 Å². The molecule has 0 bridgehead atoms. The zero-order valence-electron chi connectivity index (χ0n) is 12.7. The number of aryl methyl sites for hydroxylation is 1. The van der Waals surface area contributed by atoms with Crippen LogP contribution in [0, 0.1) is 0 Å². The number of hydrogen-bond donors (Lipinski definition) is 1. The Morgan fingerprint density at radius 3 is 2.76 bits per heavy atom. The van der Waals surface area contributed by atoms with Gasteiger partial charge in [0.2, 0.25) is 0 Å². The lowest BCUT2D eigenvalue weighted by Crippen LogP contribution is -2.04. The second-order valence-corrected chi connectivity index (χ2v) is 4.82. The minimum absolute atomic E-state index is 0.442. The van der Waals surface area contributed by atoms with Crippen molar-refractivity contribution in [3.63, 3.8) is 0 Å². The largest absolute Gasteiger partial charge is 0.493 e. The van der Waals surface area contributed by atoms with Gasteiger partial charge in [0.25, 0.3) is 0 Å². The summed E-state index contributed by atoms with van der Waals surface area (Å²) in [4.78, 5) is 0. The topological polar surface area (TPSA) is 62.3 Å². The monoisotopic (exact) mass is 289 g/mol. The van der Waals surface area contributed by atoms with E-state index in [0.717, 1.165) is 35.6 Å². The SMILES string of the molecule is CCCOc1ccc(CN)c(OCc2cnn(CC)c2)c1. The number of hydrogen-bond acceptors (Lipinski definition) is 4. The Balaban J connectivity index is 2.05. The molecule has 21 heavy (non-hydrogen) atoms. The van der Waals surface area contributed by atoms with Crippen LogP contribution in [0.1, 0.15) is 31.4 Å². The number of rotatable bonds is 8. The molecule has 0 saturated carbocycles. The van der Waals surface area contributed by atoms with Crippen LogP contribution in [-0.4, -0.2) is 16.4 Å². The summed E-state index contributed by atoms with van der Waals surface area (Å²) >= 11 is 0. The summed E-state index contributed by atoms with van der Waals surface area (Å²) in [5.74, 6) is 1.59. The first-order valence-corrected chi connectivity index (χ1v) is 7.36. The van der Waals surface area contributed by atoms with E-state index < -0.39 is 0 Å². The number of ether oxygens (including phenoxy) is 2. The highest BCUT2D eigenvalue weighted by molar-refractivity contribution is 5.40. The molecule has 1 aromatic heterocycles. The molecular formula is C16H23N3O2. The van der Waals surface area contributed by atoms with Gasteiger partial charge in [-0.15, -0.1) is 0 Å². The molecule has 0 unspecified atom stereocenters. The molecule has 114 valence electrons. The maximum absolute atomic E-state index is 5.88. The summed E-state index contributed by atoms with van der Waals surface area (Å²) < 4.78 is 13.4. The fraction of sp³-hybridized carbons (Fsp3) is 0.438. The second kappa shape index (κ2) is 7.69. The summed E-state index contributed by atoms with van der Waals surface area (Å²) in [6, 6.07) is 5.79. The van der Waals surface area contributed by atoms with Crippen LogP contribution in [-0.2, 0) is 19.7 Å². The third kappa shape index (κ3) is 4.23. The molecule has 2 N–H and O–H groups in total. The van der Waals surface area contributed by atoms with Crippen molar-refractivity contribution in [1.29, 1.82) is 0 Å². The first kappa shape index (κ1) is 15.4. The van der Waals surface area contributed by atoms with Gasteiger partial charge in [0.15, 0.2) is 0 Å². The van der Waals surface area contributed by atoms with Crippen molar-refractivity contribution in [2.24, 2.45) is 5.73 Å². The van der Waals surface area contributed by atoms with Gasteiger partial charge < -0.3 is 15.2 Å². The van der Waals surface area contributed by atoms with Crippen molar-refractivity contribution in [1.82, 2.24) is 9.78 Å². The van der Waals surface area contributed by atoms with Crippen LogP contribution in [0.5, 0.6) is 11.5 Å². The molecule has 0 aliphatic rings. The van der Waals surface area contributed by atoms with E-state index in [9.17, 15) is 0 Å². The van der Waals surface area contributed by atoms with E-state index in [0.29, 0.717) is 19.8 Å². The molecule has 2 aromatic rings. The van der Waals surface area contributed by atoms with Crippen LogP contribution in [0.2, 0.25) is 0 Å². The summed E-state index contributed by atoms with van der Waals surface area (Å²) in [6.07, 6.45) is 4.79. The predicted octanol–water partition coefficient (Wildman–Crippen LogP) is 2.73. The van der Waals surface area contributed by atoms with Gasteiger partial charge >= 0.3 is 0 Å². The first-order valence-electron chi connectivity index (χ1n) is 7.36. The van der Waals surface area contributed by atoms with Gasteiger partial charge in [0, 0.05) is 36.5 Å². The van der Waals surface area contributed by atoms with Gasteiger partial charge in [-0.1, -0.05) is 13.0 Å². The molecule has 0 aliphatic heterocycles. The lowest BCUT2D eigenvalue weighted by atomic mass is 10.2. The minimum Gasteiger partial charge on any atom is -0.493 e.